The standard InChI is InChI=1S/C24H12OS3/c25-14-5-6-16-22(11-14)28-24-18-8-12-7-17-15-3-1-2-4-19(15)26-20(17)9-13(12)10-21(18)27-23(16)24/h1-11,25H. The highest BCUT2D eigenvalue weighted by Gasteiger charge is 2.14. The lowest BCUT2D eigenvalue weighted by Gasteiger charge is -2.00. The van der Waals surface area contributed by atoms with Crippen LogP contribution in [0.1, 0.15) is 0 Å². The molecule has 0 fully saturated rings. The summed E-state index contributed by atoms with van der Waals surface area (Å²) in [7, 11) is 0. The normalized spacial score (nSPS) is 12.4. The van der Waals surface area contributed by atoms with E-state index in [4.69, 9.17) is 0 Å². The Balaban J connectivity index is 1.62. The third kappa shape index (κ3) is 1.95. The molecule has 3 aromatic heterocycles. The SMILES string of the molecule is Oc1ccc2c(c1)sc1c3cc4cc5c(cc4cc3sc21)sc1ccccc15. The van der Waals surface area contributed by atoms with Crippen LogP contribution >= 0.6 is 34.0 Å². The zero-order valence-corrected chi connectivity index (χ0v) is 17.0. The van der Waals surface area contributed by atoms with Crippen LogP contribution in [0.25, 0.3) is 60.5 Å². The molecule has 0 aliphatic rings. The molecule has 0 aliphatic carbocycles. The molecule has 0 bridgehead atoms. The van der Waals surface area contributed by atoms with Crippen LogP contribution in [0.5, 0.6) is 5.75 Å². The maximum atomic E-state index is 9.83. The molecule has 1 nitrogen and oxygen atoms in total. The second-order valence-corrected chi connectivity index (χ2v) is 10.4. The summed E-state index contributed by atoms with van der Waals surface area (Å²) < 4.78 is 7.86. The molecule has 3 heterocycles. The highest BCUT2D eigenvalue weighted by Crippen LogP contribution is 2.46. The number of rotatable bonds is 0. The van der Waals surface area contributed by atoms with Gasteiger partial charge in [0.15, 0.2) is 0 Å². The maximum Gasteiger partial charge on any atom is 0.117 e. The molecular formula is C24H12OS3. The highest BCUT2D eigenvalue weighted by atomic mass is 32.1. The Labute approximate surface area is 171 Å². The first-order valence-electron chi connectivity index (χ1n) is 9.07. The summed E-state index contributed by atoms with van der Waals surface area (Å²) in [5, 5.41) is 17.7. The van der Waals surface area contributed by atoms with Gasteiger partial charge in [-0.3, -0.25) is 0 Å². The van der Waals surface area contributed by atoms with Gasteiger partial charge < -0.3 is 5.11 Å². The van der Waals surface area contributed by atoms with Gasteiger partial charge in [-0.2, -0.15) is 0 Å². The number of thiophene rings is 3. The molecule has 132 valence electrons. The fourth-order valence-corrected chi connectivity index (χ4v) is 8.06. The topological polar surface area (TPSA) is 20.2 Å². The Morgan fingerprint density at radius 3 is 2.07 bits per heavy atom. The predicted octanol–water partition coefficient (Wildman–Crippen LogP) is 8.50. The van der Waals surface area contributed by atoms with Crippen molar-refractivity contribution in [1.82, 2.24) is 0 Å². The molecule has 0 spiro atoms. The van der Waals surface area contributed by atoms with Gasteiger partial charge in [0.05, 0.1) is 9.40 Å². The van der Waals surface area contributed by atoms with E-state index in [2.05, 4.69) is 48.5 Å². The molecule has 0 aliphatic heterocycles. The lowest BCUT2D eigenvalue weighted by atomic mass is 10.0. The molecule has 4 heteroatoms. The average molecular weight is 413 g/mol. The molecule has 28 heavy (non-hydrogen) atoms. The minimum atomic E-state index is 0.336. The van der Waals surface area contributed by atoms with Crippen LogP contribution in [0, 0.1) is 0 Å². The van der Waals surface area contributed by atoms with Crippen LogP contribution in [0.3, 0.4) is 0 Å². The van der Waals surface area contributed by atoms with Crippen LogP contribution in [0.2, 0.25) is 0 Å². The van der Waals surface area contributed by atoms with Gasteiger partial charge in [0.2, 0.25) is 0 Å². The van der Waals surface area contributed by atoms with E-state index in [9.17, 15) is 5.11 Å². The van der Waals surface area contributed by atoms with Gasteiger partial charge in [-0.25, -0.2) is 0 Å². The first kappa shape index (κ1) is 15.3. The average Bonchev–Trinajstić information content (AvgIpc) is 3.33. The summed E-state index contributed by atoms with van der Waals surface area (Å²) >= 11 is 5.52. The van der Waals surface area contributed by atoms with Crippen molar-refractivity contribution in [3.63, 3.8) is 0 Å². The van der Waals surface area contributed by atoms with Gasteiger partial charge in [-0.15, -0.1) is 34.0 Å². The van der Waals surface area contributed by atoms with Crippen molar-refractivity contribution in [2.75, 3.05) is 0 Å². The van der Waals surface area contributed by atoms with Crippen molar-refractivity contribution in [3.8, 4) is 5.75 Å². The molecule has 7 rings (SSSR count). The summed E-state index contributed by atoms with van der Waals surface area (Å²) in [4.78, 5) is 0. The number of hydrogen-bond donors (Lipinski definition) is 1. The molecule has 1 N–H and O–H groups in total. The third-order valence-corrected chi connectivity index (χ3v) is 9.15. The van der Waals surface area contributed by atoms with E-state index in [0.29, 0.717) is 5.75 Å². The van der Waals surface area contributed by atoms with Crippen LogP contribution < -0.4 is 0 Å². The van der Waals surface area contributed by atoms with Gasteiger partial charge in [-0.1, -0.05) is 18.2 Å². The molecule has 0 radical (unpaired) electrons. The fraction of sp³-hybridized carbons (Fsp3) is 0. The minimum absolute atomic E-state index is 0.336. The second kappa shape index (κ2) is 5.23. The van der Waals surface area contributed by atoms with Crippen molar-refractivity contribution >= 4 is 94.5 Å². The van der Waals surface area contributed by atoms with E-state index in [0.717, 1.165) is 4.70 Å². The van der Waals surface area contributed by atoms with Crippen LogP contribution in [0.4, 0.5) is 0 Å². The summed E-state index contributed by atoms with van der Waals surface area (Å²) in [5.74, 6) is 0.336. The van der Waals surface area contributed by atoms with E-state index in [1.165, 1.54) is 55.8 Å². The number of hydrogen-bond acceptors (Lipinski definition) is 4. The second-order valence-electron chi connectivity index (χ2n) is 7.18. The molecule has 0 amide bonds. The zero-order chi connectivity index (χ0) is 18.4. The molecule has 0 saturated carbocycles. The lowest BCUT2D eigenvalue weighted by molar-refractivity contribution is 0.476. The number of phenolic OH excluding ortho intramolecular Hbond substituents is 1. The summed E-state index contributed by atoms with van der Waals surface area (Å²) in [5.41, 5.74) is 0. The summed E-state index contributed by atoms with van der Waals surface area (Å²) in [6, 6.07) is 23.8. The first-order chi connectivity index (χ1) is 13.7. The first-order valence-corrected chi connectivity index (χ1v) is 11.5. The van der Waals surface area contributed by atoms with Crippen LogP contribution in [-0.2, 0) is 0 Å². The Morgan fingerprint density at radius 1 is 0.500 bits per heavy atom. The van der Waals surface area contributed by atoms with Crippen molar-refractivity contribution in [3.05, 3.63) is 66.7 Å². The predicted molar refractivity (Wildman–Crippen MR) is 127 cm³/mol. The van der Waals surface area contributed by atoms with E-state index in [1.807, 2.05) is 34.8 Å². The Hall–Kier alpha value is -2.66. The van der Waals surface area contributed by atoms with Gasteiger partial charge >= 0.3 is 0 Å². The quantitative estimate of drug-likeness (QED) is 0.265. The van der Waals surface area contributed by atoms with Gasteiger partial charge in [0, 0.05) is 40.3 Å². The number of aromatic hydroxyl groups is 1. The number of fused-ring (bicyclic) bond motifs is 9. The van der Waals surface area contributed by atoms with Crippen molar-refractivity contribution in [1.29, 1.82) is 0 Å². The van der Waals surface area contributed by atoms with Crippen molar-refractivity contribution in [2.24, 2.45) is 0 Å². The Bertz CT molecular complexity index is 1730. The molecule has 0 unspecified atom stereocenters. The van der Waals surface area contributed by atoms with Crippen molar-refractivity contribution in [2.45, 2.75) is 0 Å². The van der Waals surface area contributed by atoms with Crippen LogP contribution in [0.15, 0.2) is 66.7 Å². The maximum absolute atomic E-state index is 9.83. The molecule has 0 atom stereocenters. The summed E-state index contributed by atoms with van der Waals surface area (Å²) in [6.07, 6.45) is 0. The van der Waals surface area contributed by atoms with Crippen molar-refractivity contribution < 1.29 is 5.11 Å². The number of phenols is 1. The van der Waals surface area contributed by atoms with E-state index in [-0.39, 0.29) is 0 Å². The monoisotopic (exact) mass is 412 g/mol. The minimum Gasteiger partial charge on any atom is -0.508 e. The third-order valence-electron chi connectivity index (χ3n) is 5.52. The largest absolute Gasteiger partial charge is 0.508 e. The van der Waals surface area contributed by atoms with E-state index >= 15 is 0 Å². The Morgan fingerprint density at radius 2 is 1.18 bits per heavy atom. The number of benzene rings is 4. The van der Waals surface area contributed by atoms with E-state index in [1.54, 1.807) is 17.4 Å². The van der Waals surface area contributed by atoms with Gasteiger partial charge in [0.1, 0.15) is 5.75 Å². The van der Waals surface area contributed by atoms with E-state index < -0.39 is 0 Å². The van der Waals surface area contributed by atoms with Gasteiger partial charge in [-0.05, 0) is 59.3 Å². The Kier molecular flexibility index (Phi) is 2.86. The summed E-state index contributed by atoms with van der Waals surface area (Å²) in [6.45, 7) is 0. The zero-order valence-electron chi connectivity index (χ0n) is 14.5. The molecule has 4 aromatic carbocycles. The smallest absolute Gasteiger partial charge is 0.117 e. The lowest BCUT2D eigenvalue weighted by Crippen LogP contribution is -1.73. The highest BCUT2D eigenvalue weighted by molar-refractivity contribution is 7.36. The molecule has 7 aromatic rings. The fourth-order valence-electron chi connectivity index (χ4n) is 4.21. The molecule has 0 saturated heterocycles. The van der Waals surface area contributed by atoms with Crippen LogP contribution in [-0.4, -0.2) is 5.11 Å². The van der Waals surface area contributed by atoms with Gasteiger partial charge in [0.25, 0.3) is 0 Å². The molecular weight excluding hydrogens is 400 g/mol.